The molecule has 0 fully saturated rings. The van der Waals surface area contributed by atoms with Crippen molar-refractivity contribution < 1.29 is 0 Å². The third-order valence-corrected chi connectivity index (χ3v) is 3.57. The number of rotatable bonds is 5. The van der Waals surface area contributed by atoms with Gasteiger partial charge in [0.25, 0.3) is 0 Å². The Labute approximate surface area is 104 Å². The number of nitrogens with two attached hydrogens (primary N) is 1. The van der Waals surface area contributed by atoms with E-state index in [1.807, 2.05) is 0 Å². The molecule has 0 saturated carbocycles. The molecule has 0 aliphatic carbocycles. The van der Waals surface area contributed by atoms with Crippen molar-refractivity contribution in [2.24, 2.45) is 5.73 Å². The summed E-state index contributed by atoms with van der Waals surface area (Å²) in [7, 11) is 2.16. The van der Waals surface area contributed by atoms with E-state index in [-0.39, 0.29) is 0 Å². The van der Waals surface area contributed by atoms with Gasteiger partial charge in [0.15, 0.2) is 0 Å². The highest BCUT2D eigenvalue weighted by Gasteiger charge is 2.15. The average Bonchev–Trinajstić information content (AvgIpc) is 2.70. The van der Waals surface area contributed by atoms with Crippen LogP contribution in [-0.4, -0.2) is 38.1 Å². The Morgan fingerprint density at radius 1 is 1.41 bits per heavy atom. The molecule has 3 heteroatoms. The average molecular weight is 233 g/mol. The Bertz CT molecular complexity index is 376. The monoisotopic (exact) mass is 233 g/mol. The van der Waals surface area contributed by atoms with Gasteiger partial charge in [-0.2, -0.15) is 0 Å². The van der Waals surface area contributed by atoms with Crippen molar-refractivity contribution in [3.05, 3.63) is 29.3 Å². The first-order chi connectivity index (χ1) is 8.24. The summed E-state index contributed by atoms with van der Waals surface area (Å²) in [5.74, 6) is 0. The van der Waals surface area contributed by atoms with Crippen LogP contribution in [0.3, 0.4) is 0 Å². The Morgan fingerprint density at radius 3 is 2.94 bits per heavy atom. The minimum absolute atomic E-state index is 0.738. The standard InChI is InChI=1S/C14H23N3/c1-3-17(9-7-15)11-12-4-5-14-13(10-12)6-8-16(14)2/h4-5,10H,3,6-9,11,15H2,1-2H3. The fourth-order valence-electron chi connectivity index (χ4n) is 2.51. The molecule has 0 saturated heterocycles. The molecule has 1 aliphatic heterocycles. The maximum Gasteiger partial charge on any atom is 0.0397 e. The van der Waals surface area contributed by atoms with E-state index in [2.05, 4.69) is 42.0 Å². The predicted molar refractivity (Wildman–Crippen MR) is 73.4 cm³/mol. The minimum atomic E-state index is 0.738. The molecule has 1 aliphatic rings. The van der Waals surface area contributed by atoms with Gasteiger partial charge in [0, 0.05) is 38.9 Å². The van der Waals surface area contributed by atoms with E-state index >= 15 is 0 Å². The van der Waals surface area contributed by atoms with Crippen molar-refractivity contribution in [1.82, 2.24) is 4.90 Å². The molecule has 94 valence electrons. The number of anilines is 1. The second-order valence-electron chi connectivity index (χ2n) is 4.79. The van der Waals surface area contributed by atoms with Crippen molar-refractivity contribution in [3.63, 3.8) is 0 Å². The smallest absolute Gasteiger partial charge is 0.0397 e. The summed E-state index contributed by atoms with van der Waals surface area (Å²) in [6.07, 6.45) is 1.18. The molecule has 3 nitrogen and oxygen atoms in total. The second kappa shape index (κ2) is 5.52. The van der Waals surface area contributed by atoms with Crippen LogP contribution in [-0.2, 0) is 13.0 Å². The number of fused-ring (bicyclic) bond motifs is 1. The Balaban J connectivity index is 2.07. The summed E-state index contributed by atoms with van der Waals surface area (Å²) in [6, 6.07) is 6.87. The van der Waals surface area contributed by atoms with Crippen molar-refractivity contribution in [2.45, 2.75) is 19.9 Å². The highest BCUT2D eigenvalue weighted by molar-refractivity contribution is 5.58. The first kappa shape index (κ1) is 12.4. The van der Waals surface area contributed by atoms with Crippen LogP contribution in [0.15, 0.2) is 18.2 Å². The Kier molecular flexibility index (Phi) is 4.02. The van der Waals surface area contributed by atoms with E-state index in [1.165, 1.54) is 23.2 Å². The van der Waals surface area contributed by atoms with Gasteiger partial charge in [-0.3, -0.25) is 4.90 Å². The number of benzene rings is 1. The molecule has 0 spiro atoms. The van der Waals surface area contributed by atoms with Gasteiger partial charge >= 0.3 is 0 Å². The third-order valence-electron chi connectivity index (χ3n) is 3.57. The molecule has 1 heterocycles. The van der Waals surface area contributed by atoms with Gasteiger partial charge in [-0.25, -0.2) is 0 Å². The molecule has 2 N–H and O–H groups in total. The van der Waals surface area contributed by atoms with Crippen molar-refractivity contribution in [1.29, 1.82) is 0 Å². The maximum absolute atomic E-state index is 5.62. The van der Waals surface area contributed by atoms with Crippen LogP contribution in [0, 0.1) is 0 Å². The molecule has 1 aromatic rings. The molecule has 0 unspecified atom stereocenters. The Hall–Kier alpha value is -1.06. The van der Waals surface area contributed by atoms with Crippen LogP contribution in [0.5, 0.6) is 0 Å². The molecular formula is C14H23N3. The SMILES string of the molecule is CCN(CCN)Cc1ccc2c(c1)CCN2C. The lowest BCUT2D eigenvalue weighted by Gasteiger charge is -2.20. The van der Waals surface area contributed by atoms with E-state index in [9.17, 15) is 0 Å². The lowest BCUT2D eigenvalue weighted by molar-refractivity contribution is 0.288. The lowest BCUT2D eigenvalue weighted by atomic mass is 10.1. The van der Waals surface area contributed by atoms with Gasteiger partial charge in [-0.15, -0.1) is 0 Å². The van der Waals surface area contributed by atoms with Crippen LogP contribution in [0.1, 0.15) is 18.1 Å². The zero-order valence-electron chi connectivity index (χ0n) is 10.9. The quantitative estimate of drug-likeness (QED) is 0.835. The van der Waals surface area contributed by atoms with Gasteiger partial charge in [-0.1, -0.05) is 19.1 Å². The van der Waals surface area contributed by atoms with Gasteiger partial charge in [0.05, 0.1) is 0 Å². The topological polar surface area (TPSA) is 32.5 Å². The van der Waals surface area contributed by atoms with Gasteiger partial charge in [0.2, 0.25) is 0 Å². The largest absolute Gasteiger partial charge is 0.374 e. The van der Waals surface area contributed by atoms with Crippen molar-refractivity contribution >= 4 is 5.69 Å². The van der Waals surface area contributed by atoms with E-state index in [4.69, 9.17) is 5.73 Å². The highest BCUT2D eigenvalue weighted by Crippen LogP contribution is 2.27. The summed E-state index contributed by atoms with van der Waals surface area (Å²) < 4.78 is 0. The summed E-state index contributed by atoms with van der Waals surface area (Å²) >= 11 is 0. The molecule has 0 atom stereocenters. The van der Waals surface area contributed by atoms with Crippen LogP contribution in [0.4, 0.5) is 5.69 Å². The zero-order chi connectivity index (χ0) is 12.3. The van der Waals surface area contributed by atoms with E-state index in [1.54, 1.807) is 0 Å². The summed E-state index contributed by atoms with van der Waals surface area (Å²) in [5.41, 5.74) is 9.92. The number of hydrogen-bond acceptors (Lipinski definition) is 3. The first-order valence-corrected chi connectivity index (χ1v) is 6.50. The van der Waals surface area contributed by atoms with Crippen LogP contribution >= 0.6 is 0 Å². The zero-order valence-corrected chi connectivity index (χ0v) is 10.9. The normalized spacial score (nSPS) is 14.5. The van der Waals surface area contributed by atoms with Gasteiger partial charge in [-0.05, 0) is 30.2 Å². The summed E-state index contributed by atoms with van der Waals surface area (Å²) in [4.78, 5) is 4.72. The van der Waals surface area contributed by atoms with E-state index in [0.29, 0.717) is 0 Å². The molecule has 0 bridgehead atoms. The number of likely N-dealkylation sites (N-methyl/N-ethyl adjacent to an activating group) is 2. The molecule has 1 aromatic carbocycles. The molecular weight excluding hydrogens is 210 g/mol. The molecule has 0 amide bonds. The van der Waals surface area contributed by atoms with Crippen molar-refractivity contribution in [2.75, 3.05) is 38.1 Å². The number of hydrogen-bond donors (Lipinski definition) is 1. The van der Waals surface area contributed by atoms with Crippen LogP contribution < -0.4 is 10.6 Å². The maximum atomic E-state index is 5.62. The van der Waals surface area contributed by atoms with Gasteiger partial charge in [0.1, 0.15) is 0 Å². The van der Waals surface area contributed by atoms with Crippen molar-refractivity contribution in [3.8, 4) is 0 Å². The molecule has 2 rings (SSSR count). The van der Waals surface area contributed by atoms with E-state index in [0.717, 1.165) is 32.7 Å². The molecule has 0 radical (unpaired) electrons. The fraction of sp³-hybridized carbons (Fsp3) is 0.571. The first-order valence-electron chi connectivity index (χ1n) is 6.50. The van der Waals surface area contributed by atoms with E-state index < -0.39 is 0 Å². The predicted octanol–water partition coefficient (Wildman–Crippen LogP) is 1.46. The summed E-state index contributed by atoms with van der Waals surface area (Å²) in [5, 5.41) is 0. The molecule has 0 aromatic heterocycles. The Morgan fingerprint density at radius 2 is 2.24 bits per heavy atom. The highest BCUT2D eigenvalue weighted by atomic mass is 15.1. The third kappa shape index (κ3) is 2.79. The summed E-state index contributed by atoms with van der Waals surface area (Å²) in [6.45, 7) is 7.14. The van der Waals surface area contributed by atoms with Crippen LogP contribution in [0.25, 0.3) is 0 Å². The minimum Gasteiger partial charge on any atom is -0.374 e. The second-order valence-corrected chi connectivity index (χ2v) is 4.79. The van der Waals surface area contributed by atoms with Crippen LogP contribution in [0.2, 0.25) is 0 Å². The number of nitrogens with zero attached hydrogens (tertiary/aromatic N) is 2. The lowest BCUT2D eigenvalue weighted by Crippen LogP contribution is -2.28. The molecule has 17 heavy (non-hydrogen) atoms. The van der Waals surface area contributed by atoms with Gasteiger partial charge < -0.3 is 10.6 Å². The fourth-order valence-corrected chi connectivity index (χ4v) is 2.51.